The number of rotatable bonds is 9. The second-order valence-electron chi connectivity index (χ2n) is 6.67. The van der Waals surface area contributed by atoms with Gasteiger partial charge in [-0.25, -0.2) is 9.78 Å². The van der Waals surface area contributed by atoms with Crippen LogP contribution in [0.2, 0.25) is 0 Å². The maximum absolute atomic E-state index is 12.3. The van der Waals surface area contributed by atoms with Crippen molar-refractivity contribution in [2.45, 2.75) is 31.7 Å². The summed E-state index contributed by atoms with van der Waals surface area (Å²) in [7, 11) is 0. The van der Waals surface area contributed by atoms with Gasteiger partial charge in [-0.1, -0.05) is 36.4 Å². The minimum atomic E-state index is -0.868. The smallest absolute Gasteiger partial charge is 0.315 e. The van der Waals surface area contributed by atoms with Crippen molar-refractivity contribution in [2.75, 3.05) is 6.54 Å². The first-order chi connectivity index (χ1) is 13.6. The molecule has 2 heterocycles. The van der Waals surface area contributed by atoms with E-state index in [2.05, 4.69) is 15.6 Å². The lowest BCUT2D eigenvalue weighted by Gasteiger charge is -2.18. The Morgan fingerprint density at radius 1 is 1.11 bits per heavy atom. The van der Waals surface area contributed by atoms with E-state index >= 15 is 0 Å². The molecule has 0 aliphatic heterocycles. The highest BCUT2D eigenvalue weighted by Crippen LogP contribution is 2.08. The number of carboxylic acids is 1. The molecule has 3 rings (SSSR count). The average molecular weight is 380 g/mol. The molecule has 3 aromatic rings. The van der Waals surface area contributed by atoms with Crippen LogP contribution in [0.5, 0.6) is 0 Å². The molecule has 1 atom stereocenters. The molecule has 0 fully saturated rings. The van der Waals surface area contributed by atoms with E-state index < -0.39 is 5.97 Å². The first kappa shape index (κ1) is 19.4. The molecule has 0 bridgehead atoms. The fourth-order valence-electron chi connectivity index (χ4n) is 3.07. The molecule has 0 aliphatic carbocycles. The van der Waals surface area contributed by atoms with E-state index in [1.54, 1.807) is 0 Å². The number of carbonyl (C=O) groups is 2. The normalized spacial score (nSPS) is 11.9. The molecule has 28 heavy (non-hydrogen) atoms. The van der Waals surface area contributed by atoms with Gasteiger partial charge in [-0.05, 0) is 30.5 Å². The Bertz CT molecular complexity index is 891. The topological polar surface area (TPSA) is 95.7 Å². The van der Waals surface area contributed by atoms with Gasteiger partial charge in [-0.3, -0.25) is 4.79 Å². The Morgan fingerprint density at radius 3 is 2.64 bits per heavy atom. The zero-order valence-electron chi connectivity index (χ0n) is 15.5. The highest BCUT2D eigenvalue weighted by Gasteiger charge is 2.14. The summed E-state index contributed by atoms with van der Waals surface area (Å²) in [4.78, 5) is 27.7. The highest BCUT2D eigenvalue weighted by atomic mass is 16.4. The number of imidazole rings is 1. The minimum absolute atomic E-state index is 0.0129. The summed E-state index contributed by atoms with van der Waals surface area (Å²) in [5, 5.41) is 14.7. The molecule has 0 saturated heterocycles. The summed E-state index contributed by atoms with van der Waals surface area (Å²) in [6, 6.07) is 15.0. The number of aromatic nitrogens is 2. The van der Waals surface area contributed by atoms with E-state index in [0.29, 0.717) is 25.8 Å². The molecule has 7 nitrogen and oxygen atoms in total. The zero-order chi connectivity index (χ0) is 19.8. The lowest BCUT2D eigenvalue weighted by Crippen LogP contribution is -2.44. The van der Waals surface area contributed by atoms with Crippen molar-refractivity contribution >= 4 is 17.6 Å². The highest BCUT2D eigenvalue weighted by molar-refractivity contribution is 5.74. The van der Waals surface area contributed by atoms with E-state index in [9.17, 15) is 9.59 Å². The van der Waals surface area contributed by atoms with Gasteiger partial charge in [0.05, 0.1) is 5.69 Å². The van der Waals surface area contributed by atoms with Gasteiger partial charge in [-0.15, -0.1) is 0 Å². The molecule has 146 valence electrons. The Morgan fingerprint density at radius 2 is 1.89 bits per heavy atom. The van der Waals surface area contributed by atoms with E-state index in [0.717, 1.165) is 16.9 Å². The molecular weight excluding hydrogens is 356 g/mol. The number of pyridine rings is 1. The van der Waals surface area contributed by atoms with Crippen molar-refractivity contribution in [2.24, 2.45) is 0 Å². The quantitative estimate of drug-likeness (QED) is 0.532. The number of hydrogen-bond donors (Lipinski definition) is 3. The number of fused-ring (bicyclic) bond motifs is 1. The Hall–Kier alpha value is -3.35. The van der Waals surface area contributed by atoms with Gasteiger partial charge in [0.1, 0.15) is 5.65 Å². The average Bonchev–Trinajstić information content (AvgIpc) is 3.09. The van der Waals surface area contributed by atoms with Crippen molar-refractivity contribution in [1.29, 1.82) is 0 Å². The van der Waals surface area contributed by atoms with E-state index in [1.165, 1.54) is 0 Å². The molecule has 0 aliphatic rings. The number of urea groups is 1. The second-order valence-corrected chi connectivity index (χ2v) is 6.67. The predicted molar refractivity (Wildman–Crippen MR) is 106 cm³/mol. The number of nitrogens with zero attached hydrogens (tertiary/aromatic N) is 2. The van der Waals surface area contributed by atoms with Crippen LogP contribution in [0.25, 0.3) is 5.65 Å². The summed E-state index contributed by atoms with van der Waals surface area (Å²) >= 11 is 0. The third-order valence-electron chi connectivity index (χ3n) is 4.45. The molecule has 1 aromatic carbocycles. The lowest BCUT2D eigenvalue weighted by atomic mass is 10.0. The maximum atomic E-state index is 12.3. The molecule has 0 spiro atoms. The number of benzene rings is 1. The van der Waals surface area contributed by atoms with Crippen molar-refractivity contribution in [3.63, 3.8) is 0 Å². The summed E-state index contributed by atoms with van der Waals surface area (Å²) < 4.78 is 1.94. The number of aliphatic carboxylic acids is 1. The Balaban J connectivity index is 1.49. The minimum Gasteiger partial charge on any atom is -0.481 e. The van der Waals surface area contributed by atoms with E-state index in [1.807, 2.05) is 65.3 Å². The van der Waals surface area contributed by atoms with E-state index in [-0.39, 0.29) is 18.5 Å². The Kier molecular flexibility index (Phi) is 6.62. The number of carboxylic acid groups (broad SMARTS) is 1. The van der Waals surface area contributed by atoms with E-state index in [4.69, 9.17) is 5.11 Å². The van der Waals surface area contributed by atoms with Gasteiger partial charge in [-0.2, -0.15) is 0 Å². The van der Waals surface area contributed by atoms with Gasteiger partial charge in [0.15, 0.2) is 0 Å². The molecule has 2 amide bonds. The fraction of sp³-hybridized carbons (Fsp3) is 0.286. The van der Waals surface area contributed by atoms with Crippen LogP contribution >= 0.6 is 0 Å². The van der Waals surface area contributed by atoms with Crippen molar-refractivity contribution in [1.82, 2.24) is 20.0 Å². The van der Waals surface area contributed by atoms with Crippen LogP contribution < -0.4 is 10.6 Å². The molecule has 0 saturated carbocycles. The molecule has 3 N–H and O–H groups in total. The van der Waals surface area contributed by atoms with Crippen LogP contribution in [-0.4, -0.2) is 39.1 Å². The maximum Gasteiger partial charge on any atom is 0.315 e. The van der Waals surface area contributed by atoms with Gasteiger partial charge in [0.25, 0.3) is 0 Å². The number of nitrogens with one attached hydrogen (secondary N) is 2. The number of amides is 2. The first-order valence-electron chi connectivity index (χ1n) is 9.33. The third kappa shape index (κ3) is 5.84. The zero-order valence-corrected chi connectivity index (χ0v) is 15.5. The third-order valence-corrected chi connectivity index (χ3v) is 4.45. The van der Waals surface area contributed by atoms with Gasteiger partial charge < -0.3 is 20.1 Å². The fourth-order valence-corrected chi connectivity index (χ4v) is 3.07. The van der Waals surface area contributed by atoms with Crippen molar-refractivity contribution in [3.8, 4) is 0 Å². The summed E-state index contributed by atoms with van der Waals surface area (Å²) in [5.74, 6) is -0.868. The monoisotopic (exact) mass is 380 g/mol. The Labute approximate surface area is 163 Å². The van der Waals surface area contributed by atoms with Gasteiger partial charge in [0.2, 0.25) is 0 Å². The molecule has 0 radical (unpaired) electrons. The van der Waals surface area contributed by atoms with Crippen molar-refractivity contribution < 1.29 is 14.7 Å². The van der Waals surface area contributed by atoms with Crippen LogP contribution in [0.3, 0.4) is 0 Å². The summed E-state index contributed by atoms with van der Waals surface area (Å²) in [6.45, 7) is 0.451. The van der Waals surface area contributed by atoms with Crippen LogP contribution in [-0.2, 0) is 17.6 Å². The number of carbonyl (C=O) groups excluding carboxylic acids is 1. The molecule has 7 heteroatoms. The van der Waals surface area contributed by atoms with Crippen molar-refractivity contribution in [3.05, 3.63) is 72.2 Å². The molecule has 1 unspecified atom stereocenters. The van der Waals surface area contributed by atoms with Crippen LogP contribution in [0.4, 0.5) is 4.79 Å². The van der Waals surface area contributed by atoms with Crippen LogP contribution in [0, 0.1) is 0 Å². The first-order valence-corrected chi connectivity index (χ1v) is 9.33. The molecular formula is C21H24N4O3. The number of hydrogen-bond acceptors (Lipinski definition) is 3. The van der Waals surface area contributed by atoms with Gasteiger partial charge in [0, 0.05) is 37.8 Å². The van der Waals surface area contributed by atoms with Gasteiger partial charge >= 0.3 is 12.0 Å². The van der Waals surface area contributed by atoms with Crippen LogP contribution in [0.1, 0.15) is 24.1 Å². The summed E-state index contributed by atoms with van der Waals surface area (Å²) in [5.41, 5.74) is 2.83. The second kappa shape index (κ2) is 9.55. The summed E-state index contributed by atoms with van der Waals surface area (Å²) in [6.07, 6.45) is 5.48. The lowest BCUT2D eigenvalue weighted by molar-refractivity contribution is -0.137. The molecule has 2 aromatic heterocycles. The van der Waals surface area contributed by atoms with Crippen LogP contribution in [0.15, 0.2) is 60.9 Å². The standard InChI is InChI=1S/C21H24N4O3/c26-20(27)10-9-17(14-16-6-2-1-3-7-16)24-21(28)22-12-11-18-15-25-13-5-4-8-19(25)23-18/h1-8,13,15,17H,9-12,14H2,(H,26,27)(H2,22,24,28). The predicted octanol–water partition coefficient (Wildman–Crippen LogP) is 2.65. The largest absolute Gasteiger partial charge is 0.481 e. The SMILES string of the molecule is O=C(O)CCC(Cc1ccccc1)NC(=O)NCCc1cn2ccccc2n1.